The molecule has 1 aliphatic heterocycles. The Balaban J connectivity index is 2.38. The molecule has 0 aromatic heterocycles. The summed E-state index contributed by atoms with van der Waals surface area (Å²) >= 11 is 0. The molecule has 5 nitrogen and oxygen atoms in total. The number of rotatable bonds is 2. The summed E-state index contributed by atoms with van der Waals surface area (Å²) in [5.41, 5.74) is 6.10. The Morgan fingerprint density at radius 2 is 2.24 bits per heavy atom. The average Bonchev–Trinajstić information content (AvgIpc) is 2.22. The van der Waals surface area contributed by atoms with E-state index < -0.39 is 17.7 Å². The van der Waals surface area contributed by atoms with Gasteiger partial charge in [0.25, 0.3) is 5.91 Å². The Bertz CT molecular complexity index is 502. The van der Waals surface area contributed by atoms with Crippen LogP contribution < -0.4 is 5.73 Å². The highest BCUT2D eigenvalue weighted by molar-refractivity contribution is 5.99. The van der Waals surface area contributed by atoms with Crippen LogP contribution in [0.5, 0.6) is 0 Å². The molecule has 0 aliphatic carbocycles. The first-order valence-electron chi connectivity index (χ1n) is 5.08. The number of nitrogens with two attached hydrogens (primary N) is 1. The van der Waals surface area contributed by atoms with Crippen molar-refractivity contribution in [1.82, 2.24) is 4.90 Å². The van der Waals surface area contributed by atoms with Gasteiger partial charge in [0, 0.05) is 23.4 Å². The molecular weight excluding hydrogens is 227 g/mol. The van der Waals surface area contributed by atoms with Crippen molar-refractivity contribution >= 4 is 17.6 Å². The van der Waals surface area contributed by atoms with Gasteiger partial charge in [-0.15, -0.1) is 0 Å². The molecule has 1 aromatic carbocycles. The van der Waals surface area contributed by atoms with Gasteiger partial charge in [0.1, 0.15) is 12.4 Å². The summed E-state index contributed by atoms with van der Waals surface area (Å²) in [4.78, 5) is 23.6. The van der Waals surface area contributed by atoms with Crippen LogP contribution in [0.25, 0.3) is 0 Å². The number of carbonyl (C=O) groups is 2. The van der Waals surface area contributed by atoms with Crippen LogP contribution in [0, 0.1) is 5.82 Å². The van der Waals surface area contributed by atoms with Crippen LogP contribution >= 0.6 is 0 Å². The van der Waals surface area contributed by atoms with Gasteiger partial charge in [-0.1, -0.05) is 0 Å². The number of amides is 1. The standard InChI is InChI=1S/C11H11FN2O3/c12-9-4-6(13)3-8-7(9)1-2-14(11(8)17)5-10(15)16/h3-4H,1-2,5,13H2,(H,15,16). The second kappa shape index (κ2) is 4.04. The van der Waals surface area contributed by atoms with Gasteiger partial charge in [-0.05, 0) is 18.6 Å². The minimum atomic E-state index is -1.09. The third-order valence-corrected chi connectivity index (χ3v) is 2.69. The summed E-state index contributed by atoms with van der Waals surface area (Å²) in [5, 5.41) is 8.65. The summed E-state index contributed by atoms with van der Waals surface area (Å²) in [6.45, 7) is -0.173. The molecule has 3 N–H and O–H groups in total. The van der Waals surface area contributed by atoms with Gasteiger partial charge in [0.15, 0.2) is 0 Å². The fraction of sp³-hybridized carbons (Fsp3) is 0.273. The van der Waals surface area contributed by atoms with Crippen molar-refractivity contribution in [2.24, 2.45) is 0 Å². The minimum Gasteiger partial charge on any atom is -0.480 e. The Hall–Kier alpha value is -2.11. The molecule has 1 aliphatic rings. The van der Waals surface area contributed by atoms with E-state index in [1.165, 1.54) is 17.0 Å². The number of fused-ring (bicyclic) bond motifs is 1. The van der Waals surface area contributed by atoms with Gasteiger partial charge in [0.2, 0.25) is 0 Å². The van der Waals surface area contributed by atoms with Crippen LogP contribution in [0.3, 0.4) is 0 Å². The maximum Gasteiger partial charge on any atom is 0.323 e. The Kier molecular flexibility index (Phi) is 2.71. The second-order valence-corrected chi connectivity index (χ2v) is 3.90. The molecule has 1 amide bonds. The molecule has 0 atom stereocenters. The number of nitrogens with zero attached hydrogens (tertiary/aromatic N) is 1. The first-order chi connectivity index (χ1) is 7.99. The molecule has 0 unspecified atom stereocenters. The van der Waals surface area contributed by atoms with E-state index in [0.717, 1.165) is 0 Å². The molecule has 0 radical (unpaired) electrons. The summed E-state index contributed by atoms with van der Waals surface area (Å²) in [5.74, 6) is -2.09. The third kappa shape index (κ3) is 2.06. The largest absolute Gasteiger partial charge is 0.480 e. The maximum atomic E-state index is 13.5. The van der Waals surface area contributed by atoms with E-state index in [9.17, 15) is 14.0 Å². The summed E-state index contributed by atoms with van der Waals surface area (Å²) in [6, 6.07) is 2.55. The molecule has 2 rings (SSSR count). The maximum absolute atomic E-state index is 13.5. The first kappa shape index (κ1) is 11.4. The fourth-order valence-corrected chi connectivity index (χ4v) is 1.94. The highest BCUT2D eigenvalue weighted by Crippen LogP contribution is 2.24. The molecule has 0 saturated carbocycles. The monoisotopic (exact) mass is 238 g/mol. The Morgan fingerprint density at radius 1 is 1.53 bits per heavy atom. The van der Waals surface area contributed by atoms with Gasteiger partial charge in [-0.3, -0.25) is 9.59 Å². The molecule has 0 saturated heterocycles. The number of carboxylic acid groups (broad SMARTS) is 1. The van der Waals surface area contributed by atoms with Crippen LogP contribution in [-0.4, -0.2) is 35.0 Å². The number of halogens is 1. The molecule has 6 heteroatoms. The number of aliphatic carboxylic acids is 1. The normalized spacial score (nSPS) is 14.6. The molecule has 0 bridgehead atoms. The quantitative estimate of drug-likeness (QED) is 0.734. The van der Waals surface area contributed by atoms with E-state index in [4.69, 9.17) is 10.8 Å². The zero-order valence-electron chi connectivity index (χ0n) is 8.94. The van der Waals surface area contributed by atoms with Gasteiger partial charge in [-0.25, -0.2) is 4.39 Å². The second-order valence-electron chi connectivity index (χ2n) is 3.90. The van der Waals surface area contributed by atoms with Gasteiger partial charge in [-0.2, -0.15) is 0 Å². The molecular formula is C11H11FN2O3. The number of anilines is 1. The van der Waals surface area contributed by atoms with Crippen LogP contribution in [-0.2, 0) is 11.2 Å². The SMILES string of the molecule is Nc1cc(F)c2c(c1)C(=O)N(CC(=O)O)CC2. The number of hydrogen-bond acceptors (Lipinski definition) is 3. The van der Waals surface area contributed by atoms with Crippen molar-refractivity contribution in [2.75, 3.05) is 18.8 Å². The molecule has 0 spiro atoms. The number of benzene rings is 1. The molecule has 1 aromatic rings. The average molecular weight is 238 g/mol. The van der Waals surface area contributed by atoms with Gasteiger partial charge >= 0.3 is 5.97 Å². The van der Waals surface area contributed by atoms with Crippen molar-refractivity contribution in [2.45, 2.75) is 6.42 Å². The first-order valence-corrected chi connectivity index (χ1v) is 5.08. The van der Waals surface area contributed by atoms with Crippen LogP contribution in [0.4, 0.5) is 10.1 Å². The third-order valence-electron chi connectivity index (χ3n) is 2.69. The number of carboxylic acids is 1. The van der Waals surface area contributed by atoms with Crippen molar-refractivity contribution in [3.05, 3.63) is 29.1 Å². The van der Waals surface area contributed by atoms with E-state index in [-0.39, 0.29) is 24.3 Å². The van der Waals surface area contributed by atoms with E-state index in [0.29, 0.717) is 12.0 Å². The lowest BCUT2D eigenvalue weighted by molar-refractivity contribution is -0.137. The Morgan fingerprint density at radius 3 is 2.88 bits per heavy atom. The molecule has 1 heterocycles. The van der Waals surface area contributed by atoms with Crippen LogP contribution in [0.1, 0.15) is 15.9 Å². The van der Waals surface area contributed by atoms with Crippen LogP contribution in [0.2, 0.25) is 0 Å². The summed E-state index contributed by atoms with van der Waals surface area (Å²) in [6.07, 6.45) is 0.306. The zero-order chi connectivity index (χ0) is 12.6. The van der Waals surface area contributed by atoms with Crippen LogP contribution in [0.15, 0.2) is 12.1 Å². The fourth-order valence-electron chi connectivity index (χ4n) is 1.94. The summed E-state index contributed by atoms with van der Waals surface area (Å²) < 4.78 is 13.5. The van der Waals surface area contributed by atoms with Crippen molar-refractivity contribution in [1.29, 1.82) is 0 Å². The van der Waals surface area contributed by atoms with Gasteiger partial charge < -0.3 is 15.7 Å². The lowest BCUT2D eigenvalue weighted by atomic mass is 9.97. The minimum absolute atomic E-state index is 0.159. The lowest BCUT2D eigenvalue weighted by Crippen LogP contribution is -2.41. The zero-order valence-corrected chi connectivity index (χ0v) is 8.94. The Labute approximate surface area is 96.6 Å². The van der Waals surface area contributed by atoms with E-state index in [2.05, 4.69) is 0 Å². The number of nitrogen functional groups attached to an aromatic ring is 1. The van der Waals surface area contributed by atoms with Crippen molar-refractivity contribution < 1.29 is 19.1 Å². The highest BCUT2D eigenvalue weighted by atomic mass is 19.1. The lowest BCUT2D eigenvalue weighted by Gasteiger charge is -2.27. The van der Waals surface area contributed by atoms with E-state index >= 15 is 0 Å². The summed E-state index contributed by atoms with van der Waals surface area (Å²) in [7, 11) is 0. The molecule has 0 fully saturated rings. The van der Waals surface area contributed by atoms with E-state index in [1.807, 2.05) is 0 Å². The van der Waals surface area contributed by atoms with Gasteiger partial charge in [0.05, 0.1) is 0 Å². The predicted octanol–water partition coefficient (Wildman–Crippen LogP) is 0.491. The van der Waals surface area contributed by atoms with Crippen molar-refractivity contribution in [3.8, 4) is 0 Å². The topological polar surface area (TPSA) is 83.6 Å². The number of carbonyl (C=O) groups excluding carboxylic acids is 1. The predicted molar refractivity (Wildman–Crippen MR) is 58.1 cm³/mol. The van der Waals surface area contributed by atoms with E-state index in [1.54, 1.807) is 0 Å². The highest BCUT2D eigenvalue weighted by Gasteiger charge is 2.28. The van der Waals surface area contributed by atoms with Crippen molar-refractivity contribution in [3.63, 3.8) is 0 Å². The molecule has 90 valence electrons. The smallest absolute Gasteiger partial charge is 0.323 e. The molecule has 17 heavy (non-hydrogen) atoms. The number of hydrogen-bond donors (Lipinski definition) is 2.